The van der Waals surface area contributed by atoms with Gasteiger partial charge in [0.2, 0.25) is 0 Å². The average molecular weight is 454 g/mol. The van der Waals surface area contributed by atoms with Gasteiger partial charge in [0.1, 0.15) is 0 Å². The molecular weight excluding hydrogens is 435 g/mol. The summed E-state index contributed by atoms with van der Waals surface area (Å²) < 4.78 is 0. The second-order valence-corrected chi connectivity index (χ2v) is 7.90. The van der Waals surface area contributed by atoms with Crippen molar-refractivity contribution in [2.75, 3.05) is 0 Å². The van der Waals surface area contributed by atoms with Gasteiger partial charge in [-0.1, -0.05) is 91.0 Å². The van der Waals surface area contributed by atoms with Crippen molar-refractivity contribution in [3.63, 3.8) is 0 Å². The molecule has 166 valence electrons. The van der Waals surface area contributed by atoms with Gasteiger partial charge in [0, 0.05) is 16.7 Å². The number of aromatic nitrogens is 3. The molecule has 1 heterocycles. The molecule has 6 nitrogen and oxygen atoms in total. The molecule has 4 aromatic carbocycles. The van der Waals surface area contributed by atoms with Crippen molar-refractivity contribution in [1.82, 2.24) is 15.0 Å². The van der Waals surface area contributed by atoms with Gasteiger partial charge in [-0.25, -0.2) is 15.0 Å². The summed E-state index contributed by atoms with van der Waals surface area (Å²) >= 11 is 0. The van der Waals surface area contributed by atoms with Crippen molar-refractivity contribution in [3.8, 4) is 51.4 Å². The molecule has 0 saturated heterocycles. The second kappa shape index (κ2) is 9.70. The fourth-order valence-corrected chi connectivity index (χ4v) is 3.80. The van der Waals surface area contributed by atoms with Crippen LogP contribution in [0.25, 0.3) is 45.3 Å². The molecule has 0 unspecified atom stereocenters. The minimum absolute atomic E-state index is 0.387. The monoisotopic (exact) mass is 454 g/mol. The highest BCUT2D eigenvalue weighted by Crippen LogP contribution is 2.32. The van der Waals surface area contributed by atoms with Crippen LogP contribution in [-0.4, -0.2) is 32.1 Å². The van der Waals surface area contributed by atoms with Gasteiger partial charge in [-0.3, -0.25) is 0 Å². The van der Waals surface area contributed by atoms with Gasteiger partial charge < -0.3 is 10.0 Å². The molecule has 0 bridgehead atoms. The first-order valence-corrected chi connectivity index (χ1v) is 11.0. The maximum Gasteiger partial charge on any atom is 0.488 e. The van der Waals surface area contributed by atoms with Gasteiger partial charge >= 0.3 is 7.12 Å². The number of rotatable bonds is 5. The van der Waals surface area contributed by atoms with E-state index in [1.807, 2.05) is 66.7 Å². The standard InChI is InChI=1S/C28H19BN4O2/c30-18-19-10-12-20(13-11-19)24-8-4-5-9-25(24)28-32-26(21-6-2-1-3-7-21)31-27(33-28)22-14-16-23(17-15-22)29(34)35/h1-17,34-35H. The van der Waals surface area contributed by atoms with E-state index in [1.165, 1.54) is 0 Å². The molecule has 35 heavy (non-hydrogen) atoms. The first-order chi connectivity index (χ1) is 17.1. The van der Waals surface area contributed by atoms with Gasteiger partial charge in [0.25, 0.3) is 0 Å². The van der Waals surface area contributed by atoms with Crippen LogP contribution in [-0.2, 0) is 0 Å². The Balaban J connectivity index is 1.68. The molecule has 2 N–H and O–H groups in total. The number of hydrogen-bond donors (Lipinski definition) is 2. The fraction of sp³-hybridized carbons (Fsp3) is 0. The van der Waals surface area contributed by atoms with Crippen LogP contribution in [0.4, 0.5) is 0 Å². The highest BCUT2D eigenvalue weighted by Gasteiger charge is 2.16. The second-order valence-electron chi connectivity index (χ2n) is 7.90. The average Bonchev–Trinajstić information content (AvgIpc) is 2.93. The quantitative estimate of drug-likeness (QED) is 0.388. The number of nitrogens with zero attached hydrogens (tertiary/aromatic N) is 4. The molecule has 5 rings (SSSR count). The number of nitriles is 1. The summed E-state index contributed by atoms with van der Waals surface area (Å²) in [4.78, 5) is 14.3. The Labute approximate surface area is 203 Å². The zero-order chi connectivity index (χ0) is 24.2. The zero-order valence-corrected chi connectivity index (χ0v) is 18.6. The Kier molecular flexibility index (Phi) is 6.14. The van der Waals surface area contributed by atoms with E-state index >= 15 is 0 Å². The maximum absolute atomic E-state index is 9.44. The van der Waals surface area contributed by atoms with Crippen molar-refractivity contribution < 1.29 is 10.0 Å². The summed E-state index contributed by atoms with van der Waals surface area (Å²) in [6.07, 6.45) is 0. The first-order valence-electron chi connectivity index (χ1n) is 11.0. The van der Waals surface area contributed by atoms with Crippen LogP contribution in [0, 0.1) is 11.3 Å². The third-order valence-electron chi connectivity index (χ3n) is 5.63. The normalized spacial score (nSPS) is 10.5. The molecule has 0 aliphatic carbocycles. The van der Waals surface area contributed by atoms with E-state index in [2.05, 4.69) is 6.07 Å². The largest absolute Gasteiger partial charge is 0.488 e. The summed E-state index contributed by atoms with van der Waals surface area (Å²) in [6, 6.07) is 33.9. The first kappa shape index (κ1) is 22.2. The SMILES string of the molecule is N#Cc1ccc(-c2ccccc2-c2nc(-c3ccccc3)nc(-c3ccc(B(O)O)cc3)n2)cc1. The van der Waals surface area contributed by atoms with E-state index < -0.39 is 7.12 Å². The molecule has 0 amide bonds. The Hall–Kier alpha value is -4.64. The van der Waals surface area contributed by atoms with Crippen LogP contribution in [0.2, 0.25) is 0 Å². The Morgan fingerprint density at radius 1 is 0.543 bits per heavy atom. The number of benzene rings is 4. The van der Waals surface area contributed by atoms with E-state index in [4.69, 9.17) is 20.2 Å². The van der Waals surface area contributed by atoms with E-state index in [-0.39, 0.29) is 0 Å². The molecule has 0 aliphatic heterocycles. The van der Waals surface area contributed by atoms with Crippen LogP contribution in [0.1, 0.15) is 5.56 Å². The lowest BCUT2D eigenvalue weighted by Gasteiger charge is -2.12. The van der Waals surface area contributed by atoms with Gasteiger partial charge in [-0.05, 0) is 28.7 Å². The van der Waals surface area contributed by atoms with Crippen LogP contribution in [0.3, 0.4) is 0 Å². The highest BCUT2D eigenvalue weighted by molar-refractivity contribution is 6.58. The molecular formula is C28H19BN4O2. The molecule has 0 atom stereocenters. The zero-order valence-electron chi connectivity index (χ0n) is 18.6. The topological polar surface area (TPSA) is 103 Å². The summed E-state index contributed by atoms with van der Waals surface area (Å²) in [7, 11) is -1.54. The maximum atomic E-state index is 9.44. The van der Waals surface area contributed by atoms with E-state index in [0.717, 1.165) is 27.8 Å². The van der Waals surface area contributed by atoms with Crippen molar-refractivity contribution in [2.24, 2.45) is 0 Å². The molecule has 0 radical (unpaired) electrons. The van der Waals surface area contributed by atoms with Crippen molar-refractivity contribution >= 4 is 12.6 Å². The van der Waals surface area contributed by atoms with E-state index in [0.29, 0.717) is 28.5 Å². The summed E-state index contributed by atoms with van der Waals surface area (Å²) in [6.45, 7) is 0. The molecule has 7 heteroatoms. The molecule has 0 spiro atoms. The van der Waals surface area contributed by atoms with Gasteiger partial charge in [0.05, 0.1) is 11.6 Å². The van der Waals surface area contributed by atoms with Gasteiger partial charge in [-0.15, -0.1) is 0 Å². The lowest BCUT2D eigenvalue weighted by atomic mass is 9.80. The van der Waals surface area contributed by atoms with Crippen LogP contribution < -0.4 is 5.46 Å². The molecule has 0 aliphatic rings. The van der Waals surface area contributed by atoms with Crippen LogP contribution >= 0.6 is 0 Å². The predicted octanol–water partition coefficient (Wildman–Crippen LogP) is 4.09. The molecule has 1 aromatic heterocycles. The summed E-state index contributed by atoms with van der Waals surface area (Å²) in [5, 5.41) is 28.0. The van der Waals surface area contributed by atoms with Gasteiger partial charge in [-0.2, -0.15) is 5.26 Å². The van der Waals surface area contributed by atoms with Gasteiger partial charge in [0.15, 0.2) is 17.5 Å². The van der Waals surface area contributed by atoms with Crippen molar-refractivity contribution in [2.45, 2.75) is 0 Å². The predicted molar refractivity (Wildman–Crippen MR) is 136 cm³/mol. The summed E-state index contributed by atoms with van der Waals surface area (Å²) in [5.74, 6) is 1.52. The summed E-state index contributed by atoms with van der Waals surface area (Å²) in [5.41, 5.74) is 5.28. The molecule has 0 fully saturated rings. The van der Waals surface area contributed by atoms with Crippen molar-refractivity contribution in [1.29, 1.82) is 5.26 Å². The third-order valence-corrected chi connectivity index (χ3v) is 5.63. The number of hydrogen-bond acceptors (Lipinski definition) is 6. The fourth-order valence-electron chi connectivity index (χ4n) is 3.80. The van der Waals surface area contributed by atoms with Crippen molar-refractivity contribution in [3.05, 3.63) is 109 Å². The lowest BCUT2D eigenvalue weighted by Crippen LogP contribution is -2.29. The highest BCUT2D eigenvalue weighted by atomic mass is 16.4. The third kappa shape index (κ3) is 4.70. The Morgan fingerprint density at radius 3 is 1.66 bits per heavy atom. The van der Waals surface area contributed by atoms with Crippen LogP contribution in [0.5, 0.6) is 0 Å². The smallest absolute Gasteiger partial charge is 0.423 e. The van der Waals surface area contributed by atoms with E-state index in [1.54, 1.807) is 36.4 Å². The Bertz CT molecular complexity index is 1510. The minimum atomic E-state index is -1.54. The van der Waals surface area contributed by atoms with E-state index in [9.17, 15) is 10.0 Å². The minimum Gasteiger partial charge on any atom is -0.423 e. The van der Waals surface area contributed by atoms with Crippen LogP contribution in [0.15, 0.2) is 103 Å². The Morgan fingerprint density at radius 2 is 1.06 bits per heavy atom. The molecule has 0 saturated carbocycles. The molecule has 5 aromatic rings. The lowest BCUT2D eigenvalue weighted by molar-refractivity contribution is 0.426.